The van der Waals surface area contributed by atoms with Gasteiger partial charge >= 0.3 is 6.03 Å². The molecule has 21 heavy (non-hydrogen) atoms. The Hall–Kier alpha value is -1.89. The average molecular weight is 303 g/mol. The summed E-state index contributed by atoms with van der Waals surface area (Å²) in [5, 5.41) is 7.81. The summed E-state index contributed by atoms with van der Waals surface area (Å²) in [5.41, 5.74) is 1.81. The van der Waals surface area contributed by atoms with Gasteiger partial charge in [0.05, 0.1) is 10.6 Å². The summed E-state index contributed by atoms with van der Waals surface area (Å²) in [6, 6.07) is 2.03. The molecule has 0 bridgehead atoms. The van der Waals surface area contributed by atoms with Gasteiger partial charge in [-0.1, -0.05) is 11.3 Å². The van der Waals surface area contributed by atoms with E-state index in [1.807, 2.05) is 17.9 Å². The fourth-order valence-corrected chi connectivity index (χ4v) is 3.72. The highest BCUT2D eigenvalue weighted by molar-refractivity contribution is 7.19. The third-order valence-electron chi connectivity index (χ3n) is 4.02. The van der Waals surface area contributed by atoms with Gasteiger partial charge < -0.3 is 4.90 Å². The molecule has 1 saturated carbocycles. The average Bonchev–Trinajstić information content (AvgIpc) is 2.87. The van der Waals surface area contributed by atoms with Gasteiger partial charge in [-0.2, -0.15) is 5.10 Å². The van der Waals surface area contributed by atoms with E-state index in [0.29, 0.717) is 0 Å². The highest BCUT2D eigenvalue weighted by Crippen LogP contribution is 2.36. The molecule has 1 aliphatic heterocycles. The smallest absolute Gasteiger partial charge is 0.322 e. The molecule has 0 aromatic carbocycles. The van der Waals surface area contributed by atoms with Crippen LogP contribution >= 0.6 is 11.3 Å². The quantitative estimate of drug-likeness (QED) is 0.943. The number of rotatable bonds is 4. The number of hydrogen-bond donors (Lipinski definition) is 1. The molecule has 2 aromatic rings. The number of aromatic nitrogens is 3. The number of hydrogen-bond acceptors (Lipinski definition) is 4. The Bertz CT molecular complexity index is 661. The molecule has 2 aliphatic rings. The summed E-state index contributed by atoms with van der Waals surface area (Å²) >= 11 is 1.54. The Balaban J connectivity index is 1.56. The minimum Gasteiger partial charge on any atom is -0.322 e. The lowest BCUT2D eigenvalue weighted by atomic mass is 10.3. The van der Waals surface area contributed by atoms with Crippen LogP contribution in [0.5, 0.6) is 0 Å². The largest absolute Gasteiger partial charge is 0.326 e. The maximum atomic E-state index is 12.5. The van der Waals surface area contributed by atoms with Crippen LogP contribution in [-0.2, 0) is 0 Å². The second kappa shape index (κ2) is 4.84. The number of carbonyl (C=O) groups excluding carboxylic acids is 1. The first kappa shape index (κ1) is 12.8. The first-order chi connectivity index (χ1) is 10.2. The van der Waals surface area contributed by atoms with Crippen molar-refractivity contribution in [2.75, 3.05) is 24.5 Å². The minimum absolute atomic E-state index is 0.101. The summed E-state index contributed by atoms with van der Waals surface area (Å²) < 4.78 is 0. The number of amides is 2. The molecule has 3 heterocycles. The monoisotopic (exact) mass is 303 g/mol. The van der Waals surface area contributed by atoms with Crippen molar-refractivity contribution in [3.05, 3.63) is 18.0 Å². The Morgan fingerprint density at radius 1 is 1.43 bits per heavy atom. The van der Waals surface area contributed by atoms with Gasteiger partial charge in [0.1, 0.15) is 5.69 Å². The van der Waals surface area contributed by atoms with Gasteiger partial charge in [-0.05, 0) is 31.7 Å². The van der Waals surface area contributed by atoms with Crippen LogP contribution in [0.2, 0.25) is 0 Å². The molecule has 1 N–H and O–H groups in total. The van der Waals surface area contributed by atoms with Gasteiger partial charge in [-0.15, -0.1) is 0 Å². The molecular weight excluding hydrogens is 286 g/mol. The van der Waals surface area contributed by atoms with Gasteiger partial charge in [0.15, 0.2) is 5.13 Å². The van der Waals surface area contributed by atoms with Crippen LogP contribution in [0.3, 0.4) is 0 Å². The van der Waals surface area contributed by atoms with Crippen LogP contribution in [0.15, 0.2) is 12.3 Å². The Morgan fingerprint density at radius 3 is 3.00 bits per heavy atom. The Kier molecular flexibility index (Phi) is 2.95. The van der Waals surface area contributed by atoms with E-state index < -0.39 is 0 Å². The number of H-pyrrole nitrogens is 1. The predicted octanol–water partition coefficient (Wildman–Crippen LogP) is 2.49. The van der Waals surface area contributed by atoms with Crippen molar-refractivity contribution in [1.29, 1.82) is 0 Å². The molecule has 2 aromatic heterocycles. The second-order valence-corrected chi connectivity index (χ2v) is 6.67. The van der Waals surface area contributed by atoms with Gasteiger partial charge in [0.25, 0.3) is 0 Å². The van der Waals surface area contributed by atoms with Gasteiger partial charge in [-0.25, -0.2) is 9.78 Å². The Morgan fingerprint density at radius 2 is 2.29 bits per heavy atom. The summed E-state index contributed by atoms with van der Waals surface area (Å²) in [7, 11) is 0. The summed E-state index contributed by atoms with van der Waals surface area (Å²) in [4.78, 5) is 21.8. The van der Waals surface area contributed by atoms with Crippen LogP contribution in [0.1, 0.15) is 18.5 Å². The van der Waals surface area contributed by atoms with E-state index in [1.165, 1.54) is 24.2 Å². The van der Waals surface area contributed by atoms with Crippen LogP contribution in [-0.4, -0.2) is 45.7 Å². The van der Waals surface area contributed by atoms with E-state index >= 15 is 0 Å². The van der Waals surface area contributed by atoms with Crippen LogP contribution in [0, 0.1) is 12.8 Å². The minimum atomic E-state index is 0.101. The molecule has 6 nitrogen and oxygen atoms in total. The van der Waals surface area contributed by atoms with Crippen molar-refractivity contribution in [1.82, 2.24) is 20.1 Å². The number of aromatic amines is 1. The van der Waals surface area contributed by atoms with Gasteiger partial charge in [0, 0.05) is 25.8 Å². The van der Waals surface area contributed by atoms with E-state index in [2.05, 4.69) is 15.2 Å². The highest BCUT2D eigenvalue weighted by Gasteiger charge is 2.35. The molecule has 110 valence electrons. The number of anilines is 1. The van der Waals surface area contributed by atoms with Crippen LogP contribution < -0.4 is 4.90 Å². The number of carbonyl (C=O) groups is 1. The zero-order chi connectivity index (χ0) is 14.4. The maximum absolute atomic E-state index is 12.5. The van der Waals surface area contributed by atoms with Crippen molar-refractivity contribution < 1.29 is 4.79 Å². The number of urea groups is 1. The molecular formula is C14H17N5OS. The first-order valence-corrected chi connectivity index (χ1v) is 8.08. The number of aryl methyl sites for hydroxylation is 1. The lowest BCUT2D eigenvalue weighted by Gasteiger charge is -2.16. The van der Waals surface area contributed by atoms with Crippen molar-refractivity contribution >= 4 is 22.5 Å². The standard InChI is InChI=1S/C14H17N5OS/c1-9-12(11-4-5-15-17-11)21-13(16-9)19-7-6-18(14(19)20)8-10-2-3-10/h4-5,10H,2-3,6-8H2,1H3,(H,15,17). The van der Waals surface area contributed by atoms with Gasteiger partial charge in [-0.3, -0.25) is 10.00 Å². The molecule has 0 radical (unpaired) electrons. The number of nitrogens with zero attached hydrogens (tertiary/aromatic N) is 4. The highest BCUT2D eigenvalue weighted by atomic mass is 32.1. The molecule has 0 spiro atoms. The second-order valence-electron chi connectivity index (χ2n) is 5.69. The number of nitrogens with one attached hydrogen (secondary N) is 1. The summed E-state index contributed by atoms with van der Waals surface area (Å²) in [6.07, 6.45) is 4.33. The molecule has 0 unspecified atom stereocenters. The zero-order valence-corrected chi connectivity index (χ0v) is 12.7. The molecule has 1 saturated heterocycles. The third kappa shape index (κ3) is 2.31. The molecule has 4 rings (SSSR count). The topological polar surface area (TPSA) is 65.1 Å². The summed E-state index contributed by atoms with van der Waals surface area (Å²) in [6.45, 7) is 4.42. The van der Waals surface area contributed by atoms with E-state index in [1.54, 1.807) is 11.1 Å². The van der Waals surface area contributed by atoms with Crippen molar-refractivity contribution in [3.63, 3.8) is 0 Å². The fraction of sp³-hybridized carbons (Fsp3) is 0.500. The first-order valence-electron chi connectivity index (χ1n) is 7.26. The van der Waals surface area contributed by atoms with Crippen LogP contribution in [0.25, 0.3) is 10.6 Å². The predicted molar refractivity (Wildman–Crippen MR) is 81.5 cm³/mol. The van der Waals surface area contributed by atoms with E-state index in [9.17, 15) is 4.79 Å². The molecule has 2 fully saturated rings. The zero-order valence-electron chi connectivity index (χ0n) is 11.9. The third-order valence-corrected chi connectivity index (χ3v) is 5.22. The number of thiazole rings is 1. The van der Waals surface area contributed by atoms with Crippen molar-refractivity contribution in [2.24, 2.45) is 5.92 Å². The molecule has 7 heteroatoms. The molecule has 0 atom stereocenters. The Labute approximate surface area is 126 Å². The van der Waals surface area contributed by atoms with E-state index in [4.69, 9.17) is 0 Å². The van der Waals surface area contributed by atoms with E-state index in [0.717, 1.165) is 46.9 Å². The fourth-order valence-electron chi connectivity index (χ4n) is 2.66. The van der Waals surface area contributed by atoms with Gasteiger partial charge in [0.2, 0.25) is 0 Å². The lowest BCUT2D eigenvalue weighted by molar-refractivity contribution is 0.218. The SMILES string of the molecule is Cc1nc(N2CCN(CC3CC3)C2=O)sc1-c1cc[nH]n1. The van der Waals surface area contributed by atoms with Crippen molar-refractivity contribution in [3.8, 4) is 10.6 Å². The maximum Gasteiger partial charge on any atom is 0.326 e. The molecule has 2 amide bonds. The van der Waals surface area contributed by atoms with E-state index in [-0.39, 0.29) is 6.03 Å². The molecule has 1 aliphatic carbocycles. The normalized spacial score (nSPS) is 18.8. The summed E-state index contributed by atoms with van der Waals surface area (Å²) in [5.74, 6) is 0.728. The van der Waals surface area contributed by atoms with Crippen LogP contribution in [0.4, 0.5) is 9.93 Å². The van der Waals surface area contributed by atoms with Crippen molar-refractivity contribution in [2.45, 2.75) is 19.8 Å². The lowest BCUT2D eigenvalue weighted by Crippen LogP contribution is -2.33.